The summed E-state index contributed by atoms with van der Waals surface area (Å²) < 4.78 is 10.2. The number of anilines is 2. The van der Waals surface area contributed by atoms with Gasteiger partial charge in [-0.1, -0.05) is 4.86 Å². The Bertz CT molecular complexity index is 927. The third kappa shape index (κ3) is 4.25. The average molecular weight is 396 g/mol. The van der Waals surface area contributed by atoms with Crippen molar-refractivity contribution in [2.45, 2.75) is 0 Å². The van der Waals surface area contributed by atoms with Crippen LogP contribution < -0.4 is 9.80 Å². The van der Waals surface area contributed by atoms with Gasteiger partial charge in [0, 0.05) is 41.7 Å². The SMILES string of the molecule is O=C1COCCN1c1ccc(N=[N+]([O-])c2ccc(N3CCOCC3=O)cc2)cc1. The molecule has 0 saturated carbocycles. The second-order valence-electron chi connectivity index (χ2n) is 6.60. The van der Waals surface area contributed by atoms with Crippen LogP contribution in [0.4, 0.5) is 22.7 Å². The second-order valence-corrected chi connectivity index (χ2v) is 6.60. The first-order valence-electron chi connectivity index (χ1n) is 9.27. The number of carbonyl (C=O) groups is 2. The number of hydrogen-bond donors (Lipinski definition) is 0. The highest BCUT2D eigenvalue weighted by atomic mass is 16.5. The molecule has 2 amide bonds. The Kier molecular flexibility index (Phi) is 5.50. The van der Waals surface area contributed by atoms with Crippen molar-refractivity contribution in [3.05, 3.63) is 53.7 Å². The minimum atomic E-state index is -0.105. The highest BCUT2D eigenvalue weighted by Gasteiger charge is 2.21. The molecule has 0 spiro atoms. The molecule has 2 fully saturated rings. The summed E-state index contributed by atoms with van der Waals surface area (Å²) >= 11 is 0. The number of amides is 2. The van der Waals surface area contributed by atoms with Gasteiger partial charge in [-0.3, -0.25) is 9.59 Å². The molecule has 2 aromatic carbocycles. The van der Waals surface area contributed by atoms with E-state index < -0.39 is 0 Å². The molecule has 9 heteroatoms. The minimum Gasteiger partial charge on any atom is -0.594 e. The van der Waals surface area contributed by atoms with Crippen molar-refractivity contribution < 1.29 is 23.9 Å². The van der Waals surface area contributed by atoms with Gasteiger partial charge in [0.25, 0.3) is 11.8 Å². The van der Waals surface area contributed by atoms with E-state index in [-0.39, 0.29) is 25.0 Å². The van der Waals surface area contributed by atoms with Crippen molar-refractivity contribution in [3.8, 4) is 0 Å². The minimum absolute atomic E-state index is 0.0663. The van der Waals surface area contributed by atoms with Gasteiger partial charge in [0.1, 0.15) is 18.9 Å². The van der Waals surface area contributed by atoms with Crippen LogP contribution in [0.2, 0.25) is 0 Å². The Morgan fingerprint density at radius 3 is 1.76 bits per heavy atom. The summed E-state index contributed by atoms with van der Waals surface area (Å²) in [5, 5.41) is 16.4. The zero-order valence-corrected chi connectivity index (χ0v) is 15.7. The number of nitrogens with zero attached hydrogens (tertiary/aromatic N) is 4. The standard InChI is InChI=1S/C20H20N4O5/c25-19-13-28-11-9-22(19)16-3-1-15(2-4-16)21-24(27)18-7-5-17(6-8-18)23-10-12-29-14-20(23)26/h1-8H,9-14H2. The first-order valence-corrected chi connectivity index (χ1v) is 9.27. The summed E-state index contributed by atoms with van der Waals surface area (Å²) in [5.74, 6) is -0.197. The topological polar surface area (TPSA) is 97.5 Å². The molecule has 9 nitrogen and oxygen atoms in total. The van der Waals surface area contributed by atoms with Crippen molar-refractivity contribution in [1.82, 2.24) is 0 Å². The number of ether oxygens (including phenoxy) is 2. The lowest BCUT2D eigenvalue weighted by Gasteiger charge is -2.26. The van der Waals surface area contributed by atoms with Crippen LogP contribution in [0.1, 0.15) is 0 Å². The normalized spacial score (nSPS) is 18.3. The molecule has 0 aliphatic carbocycles. The van der Waals surface area contributed by atoms with E-state index in [1.165, 1.54) is 0 Å². The monoisotopic (exact) mass is 396 g/mol. The summed E-state index contributed by atoms with van der Waals surface area (Å²) in [6.45, 7) is 2.12. The van der Waals surface area contributed by atoms with Crippen molar-refractivity contribution in [1.29, 1.82) is 0 Å². The maximum Gasteiger partial charge on any atom is 0.253 e. The summed E-state index contributed by atoms with van der Waals surface area (Å²) in [5.41, 5.74) is 2.28. The predicted molar refractivity (Wildman–Crippen MR) is 105 cm³/mol. The smallest absolute Gasteiger partial charge is 0.253 e. The van der Waals surface area contributed by atoms with E-state index in [2.05, 4.69) is 5.11 Å². The van der Waals surface area contributed by atoms with Gasteiger partial charge in [0.2, 0.25) is 5.69 Å². The second kappa shape index (κ2) is 8.38. The first kappa shape index (κ1) is 19.0. The van der Waals surface area contributed by atoms with Crippen LogP contribution in [0.5, 0.6) is 0 Å². The molecule has 4 rings (SSSR count). The van der Waals surface area contributed by atoms with E-state index in [0.717, 1.165) is 11.4 Å². The van der Waals surface area contributed by atoms with Crippen LogP contribution in [0.15, 0.2) is 53.6 Å². The van der Waals surface area contributed by atoms with E-state index in [4.69, 9.17) is 9.47 Å². The Morgan fingerprint density at radius 1 is 0.793 bits per heavy atom. The van der Waals surface area contributed by atoms with Crippen LogP contribution >= 0.6 is 0 Å². The lowest BCUT2D eigenvalue weighted by molar-refractivity contribution is -0.435. The molecular formula is C20H20N4O5. The summed E-state index contributed by atoms with van der Waals surface area (Å²) in [6.07, 6.45) is 0. The molecule has 2 heterocycles. The van der Waals surface area contributed by atoms with Crippen LogP contribution in [0, 0.1) is 5.21 Å². The zero-order valence-electron chi connectivity index (χ0n) is 15.7. The van der Waals surface area contributed by atoms with Crippen molar-refractivity contribution in [2.24, 2.45) is 5.11 Å². The van der Waals surface area contributed by atoms with Gasteiger partial charge in [-0.2, -0.15) is 0 Å². The van der Waals surface area contributed by atoms with E-state index in [1.807, 2.05) is 0 Å². The van der Waals surface area contributed by atoms with Gasteiger partial charge >= 0.3 is 0 Å². The van der Waals surface area contributed by atoms with E-state index >= 15 is 0 Å². The van der Waals surface area contributed by atoms with Gasteiger partial charge in [-0.15, -0.1) is 0 Å². The number of hydrogen-bond acceptors (Lipinski definition) is 6. The van der Waals surface area contributed by atoms with Crippen LogP contribution in [-0.4, -0.2) is 56.2 Å². The molecule has 0 N–H and O–H groups in total. The number of carbonyl (C=O) groups excluding carboxylic acids is 2. The molecule has 2 aromatic rings. The van der Waals surface area contributed by atoms with Crippen molar-refractivity contribution in [2.75, 3.05) is 49.3 Å². The summed E-state index contributed by atoms with van der Waals surface area (Å²) in [4.78, 5) is 27.6. The molecular weight excluding hydrogens is 376 g/mol. The summed E-state index contributed by atoms with van der Waals surface area (Å²) in [6, 6.07) is 13.5. The maximum absolute atomic E-state index is 12.4. The Labute approximate surface area is 167 Å². The van der Waals surface area contributed by atoms with E-state index in [1.54, 1.807) is 58.3 Å². The van der Waals surface area contributed by atoms with Crippen LogP contribution in [-0.2, 0) is 19.1 Å². The van der Waals surface area contributed by atoms with Crippen LogP contribution in [0.3, 0.4) is 0 Å². The summed E-state index contributed by atoms with van der Waals surface area (Å²) in [7, 11) is 0. The van der Waals surface area contributed by atoms with E-state index in [0.29, 0.717) is 42.5 Å². The van der Waals surface area contributed by atoms with E-state index in [9.17, 15) is 14.8 Å². The molecule has 0 aromatic heterocycles. The average Bonchev–Trinajstić information content (AvgIpc) is 2.75. The molecule has 0 atom stereocenters. The Balaban J connectivity index is 1.46. The number of benzene rings is 2. The highest BCUT2D eigenvalue weighted by Crippen LogP contribution is 2.25. The fourth-order valence-electron chi connectivity index (χ4n) is 3.20. The van der Waals surface area contributed by atoms with Crippen molar-refractivity contribution in [3.63, 3.8) is 0 Å². The van der Waals surface area contributed by atoms with Gasteiger partial charge in [-0.05, 0) is 36.4 Å². The first-order chi connectivity index (χ1) is 14.1. The third-order valence-electron chi connectivity index (χ3n) is 4.72. The molecule has 2 aliphatic heterocycles. The molecule has 0 bridgehead atoms. The maximum atomic E-state index is 12.4. The van der Waals surface area contributed by atoms with Crippen molar-refractivity contribution >= 4 is 34.6 Å². The lowest BCUT2D eigenvalue weighted by Crippen LogP contribution is -2.41. The quantitative estimate of drug-likeness (QED) is 0.449. The third-order valence-corrected chi connectivity index (χ3v) is 4.72. The largest absolute Gasteiger partial charge is 0.594 e. The van der Waals surface area contributed by atoms with Gasteiger partial charge < -0.3 is 24.5 Å². The zero-order chi connectivity index (χ0) is 20.2. The number of rotatable bonds is 4. The van der Waals surface area contributed by atoms with Gasteiger partial charge in [0.05, 0.1) is 13.2 Å². The van der Waals surface area contributed by atoms with Crippen LogP contribution in [0.25, 0.3) is 0 Å². The molecule has 150 valence electrons. The Hall–Kier alpha value is -3.30. The number of azo groups is 1. The number of morpholine rings is 2. The Morgan fingerprint density at radius 2 is 1.28 bits per heavy atom. The van der Waals surface area contributed by atoms with Gasteiger partial charge in [0.15, 0.2) is 0 Å². The molecule has 0 radical (unpaired) electrons. The fraction of sp³-hybridized carbons (Fsp3) is 0.300. The highest BCUT2D eigenvalue weighted by molar-refractivity contribution is 5.95. The molecule has 29 heavy (non-hydrogen) atoms. The lowest BCUT2D eigenvalue weighted by atomic mass is 10.2. The fourth-order valence-corrected chi connectivity index (χ4v) is 3.20. The molecule has 0 unspecified atom stereocenters. The predicted octanol–water partition coefficient (Wildman–Crippen LogP) is 2.34. The molecule has 2 aliphatic rings. The molecule has 2 saturated heterocycles. The van der Waals surface area contributed by atoms with Gasteiger partial charge in [-0.25, -0.2) is 0 Å².